The van der Waals surface area contributed by atoms with E-state index in [-0.39, 0.29) is 11.8 Å². The van der Waals surface area contributed by atoms with Crippen LogP contribution in [-0.2, 0) is 4.79 Å². The molecule has 2 saturated heterocycles. The molecule has 0 aliphatic carbocycles. The molecule has 0 aromatic heterocycles. The first kappa shape index (κ1) is 17.0. The van der Waals surface area contributed by atoms with Crippen LogP contribution in [0.5, 0.6) is 0 Å². The van der Waals surface area contributed by atoms with E-state index in [1.165, 1.54) is 52.1 Å². The predicted molar refractivity (Wildman–Crippen MR) is 95.0 cm³/mol. The van der Waals surface area contributed by atoms with Crippen LogP contribution < -0.4 is 10.6 Å². The molecular formula is C19H27N3O2. The van der Waals surface area contributed by atoms with Crippen molar-refractivity contribution < 1.29 is 9.59 Å². The third-order valence-electron chi connectivity index (χ3n) is 5.22. The van der Waals surface area contributed by atoms with Crippen molar-refractivity contribution in [3.63, 3.8) is 0 Å². The Labute approximate surface area is 143 Å². The Balaban J connectivity index is 1.53. The van der Waals surface area contributed by atoms with Crippen molar-refractivity contribution in [2.75, 3.05) is 25.0 Å². The number of fused-ring (bicyclic) bond motifs is 1. The first-order chi connectivity index (χ1) is 11.6. The van der Waals surface area contributed by atoms with Gasteiger partial charge in [-0.15, -0.1) is 0 Å². The van der Waals surface area contributed by atoms with E-state index >= 15 is 0 Å². The number of carbonyl (C=O) groups is 2. The summed E-state index contributed by atoms with van der Waals surface area (Å²) in [7, 11) is 0. The highest BCUT2D eigenvalue weighted by atomic mass is 16.2. The van der Waals surface area contributed by atoms with Crippen LogP contribution in [0.15, 0.2) is 24.3 Å². The molecule has 2 fully saturated rings. The molecule has 0 bridgehead atoms. The highest BCUT2D eigenvalue weighted by Gasteiger charge is 2.32. The van der Waals surface area contributed by atoms with Gasteiger partial charge in [-0.05, 0) is 69.0 Å². The summed E-state index contributed by atoms with van der Waals surface area (Å²) in [5.41, 5.74) is 1.35. The maximum Gasteiger partial charge on any atom is 0.251 e. The van der Waals surface area contributed by atoms with E-state index in [0.717, 1.165) is 6.54 Å². The van der Waals surface area contributed by atoms with Gasteiger partial charge in [0.05, 0.1) is 0 Å². The van der Waals surface area contributed by atoms with Crippen LogP contribution in [0.2, 0.25) is 0 Å². The second-order valence-electron chi connectivity index (χ2n) is 6.97. The molecule has 0 spiro atoms. The largest absolute Gasteiger partial charge is 0.352 e. The second-order valence-corrected chi connectivity index (χ2v) is 6.97. The monoisotopic (exact) mass is 329 g/mol. The topological polar surface area (TPSA) is 61.4 Å². The molecule has 1 aromatic carbocycles. The first-order valence-electron chi connectivity index (χ1n) is 9.03. The minimum absolute atomic E-state index is 0.0303. The zero-order chi connectivity index (χ0) is 16.9. The summed E-state index contributed by atoms with van der Waals surface area (Å²) < 4.78 is 0. The van der Waals surface area contributed by atoms with E-state index < -0.39 is 0 Å². The summed E-state index contributed by atoms with van der Waals surface area (Å²) in [4.78, 5) is 26.0. The molecule has 3 rings (SSSR count). The zero-order valence-corrected chi connectivity index (χ0v) is 14.4. The van der Waals surface area contributed by atoms with Crippen molar-refractivity contribution >= 4 is 17.5 Å². The van der Waals surface area contributed by atoms with Crippen LogP contribution >= 0.6 is 0 Å². The molecule has 2 aliphatic heterocycles. The Kier molecular flexibility index (Phi) is 5.51. The predicted octanol–water partition coefficient (Wildman–Crippen LogP) is 2.64. The molecule has 0 radical (unpaired) electrons. The smallest absolute Gasteiger partial charge is 0.251 e. The Hall–Kier alpha value is -1.88. The van der Waals surface area contributed by atoms with Gasteiger partial charge in [-0.3, -0.25) is 9.59 Å². The lowest BCUT2D eigenvalue weighted by molar-refractivity contribution is -0.114. The quantitative estimate of drug-likeness (QED) is 0.893. The van der Waals surface area contributed by atoms with Gasteiger partial charge in [0.25, 0.3) is 5.91 Å². The van der Waals surface area contributed by atoms with Crippen molar-refractivity contribution in [2.45, 2.75) is 45.1 Å². The summed E-state index contributed by atoms with van der Waals surface area (Å²) in [6.45, 7) is 4.67. The third kappa shape index (κ3) is 4.15. The van der Waals surface area contributed by atoms with Gasteiger partial charge in [-0.25, -0.2) is 0 Å². The minimum atomic E-state index is -0.110. The van der Waals surface area contributed by atoms with Gasteiger partial charge in [0.15, 0.2) is 0 Å². The van der Waals surface area contributed by atoms with E-state index in [9.17, 15) is 9.59 Å². The van der Waals surface area contributed by atoms with Gasteiger partial charge >= 0.3 is 0 Å². The number of nitrogens with one attached hydrogen (secondary N) is 2. The fourth-order valence-corrected chi connectivity index (χ4v) is 4.05. The van der Waals surface area contributed by atoms with Crippen LogP contribution in [0.1, 0.15) is 49.4 Å². The van der Waals surface area contributed by atoms with Crippen LogP contribution in [-0.4, -0.2) is 42.4 Å². The molecule has 2 heterocycles. The molecule has 2 N–H and O–H groups in total. The number of anilines is 1. The van der Waals surface area contributed by atoms with Crippen LogP contribution in [0, 0.1) is 5.92 Å². The Morgan fingerprint density at radius 3 is 2.58 bits per heavy atom. The van der Waals surface area contributed by atoms with Crippen molar-refractivity contribution in [1.82, 2.24) is 10.2 Å². The molecule has 2 amide bonds. The standard InChI is InChI=1S/C19H27N3O2/c1-14(23)21-17-9-7-15(8-10-17)19(24)20-13-16-5-4-12-22-11-3-2-6-18(16)22/h7-10,16,18H,2-6,11-13H2,1H3,(H,20,24)(H,21,23). The Morgan fingerprint density at radius 2 is 1.83 bits per heavy atom. The molecule has 5 heteroatoms. The van der Waals surface area contributed by atoms with Gasteiger partial charge in [-0.1, -0.05) is 6.42 Å². The van der Waals surface area contributed by atoms with Crippen molar-refractivity contribution in [2.24, 2.45) is 5.92 Å². The molecular weight excluding hydrogens is 302 g/mol. The molecule has 1 aromatic rings. The van der Waals surface area contributed by atoms with Gasteiger partial charge in [-0.2, -0.15) is 0 Å². The van der Waals surface area contributed by atoms with E-state index in [2.05, 4.69) is 15.5 Å². The van der Waals surface area contributed by atoms with Crippen LogP contribution in [0.25, 0.3) is 0 Å². The summed E-state index contributed by atoms with van der Waals surface area (Å²) in [5.74, 6) is 0.431. The lowest BCUT2D eigenvalue weighted by Crippen LogP contribution is -2.51. The molecule has 5 nitrogen and oxygen atoms in total. The third-order valence-corrected chi connectivity index (χ3v) is 5.22. The number of hydrogen-bond donors (Lipinski definition) is 2. The fourth-order valence-electron chi connectivity index (χ4n) is 4.05. The number of carbonyl (C=O) groups excluding carboxylic acids is 2. The summed E-state index contributed by atoms with van der Waals surface area (Å²) in [5, 5.41) is 5.82. The first-order valence-corrected chi connectivity index (χ1v) is 9.03. The van der Waals surface area contributed by atoms with Gasteiger partial charge in [0.1, 0.15) is 0 Å². The average Bonchev–Trinajstić information content (AvgIpc) is 2.59. The van der Waals surface area contributed by atoms with Gasteiger partial charge < -0.3 is 15.5 Å². The van der Waals surface area contributed by atoms with Crippen molar-refractivity contribution in [3.05, 3.63) is 29.8 Å². The second kappa shape index (κ2) is 7.79. The minimum Gasteiger partial charge on any atom is -0.352 e. The summed E-state index contributed by atoms with van der Waals surface area (Å²) in [6, 6.07) is 7.69. The summed E-state index contributed by atoms with van der Waals surface area (Å²) >= 11 is 0. The molecule has 2 aliphatic rings. The fraction of sp³-hybridized carbons (Fsp3) is 0.579. The summed E-state index contributed by atoms with van der Waals surface area (Å²) in [6.07, 6.45) is 6.35. The molecule has 2 unspecified atom stereocenters. The molecule has 2 atom stereocenters. The van der Waals surface area contributed by atoms with Crippen LogP contribution in [0.3, 0.4) is 0 Å². The van der Waals surface area contributed by atoms with Crippen molar-refractivity contribution in [3.8, 4) is 0 Å². The molecule has 24 heavy (non-hydrogen) atoms. The van der Waals surface area contributed by atoms with Gasteiger partial charge in [0.2, 0.25) is 5.91 Å². The molecule has 0 saturated carbocycles. The van der Waals surface area contributed by atoms with Crippen LogP contribution in [0.4, 0.5) is 5.69 Å². The lowest BCUT2D eigenvalue weighted by Gasteiger charge is -2.44. The Morgan fingerprint density at radius 1 is 1.08 bits per heavy atom. The maximum absolute atomic E-state index is 12.4. The highest BCUT2D eigenvalue weighted by Crippen LogP contribution is 2.30. The number of nitrogens with zero attached hydrogens (tertiary/aromatic N) is 1. The average molecular weight is 329 g/mol. The molecule has 130 valence electrons. The zero-order valence-electron chi connectivity index (χ0n) is 14.4. The highest BCUT2D eigenvalue weighted by molar-refractivity contribution is 5.95. The van der Waals surface area contributed by atoms with E-state index in [1.807, 2.05) is 0 Å². The normalized spacial score (nSPS) is 24.0. The lowest BCUT2D eigenvalue weighted by atomic mass is 9.83. The number of rotatable bonds is 4. The van der Waals surface area contributed by atoms with E-state index in [0.29, 0.717) is 23.2 Å². The number of piperidine rings is 2. The van der Waals surface area contributed by atoms with Crippen molar-refractivity contribution in [1.29, 1.82) is 0 Å². The number of amides is 2. The van der Waals surface area contributed by atoms with E-state index in [1.54, 1.807) is 24.3 Å². The van der Waals surface area contributed by atoms with Gasteiger partial charge in [0, 0.05) is 30.8 Å². The Bertz CT molecular complexity index is 583. The number of hydrogen-bond acceptors (Lipinski definition) is 3. The SMILES string of the molecule is CC(=O)Nc1ccc(C(=O)NCC2CCCN3CCCCC23)cc1. The van der Waals surface area contributed by atoms with E-state index in [4.69, 9.17) is 0 Å². The number of benzene rings is 1. The maximum atomic E-state index is 12.4.